The molecule has 0 bridgehead atoms. The molecule has 36 heavy (non-hydrogen) atoms. The molecule has 3 fully saturated rings. The number of epoxide rings is 1. The minimum absolute atomic E-state index is 0.0812. The summed E-state index contributed by atoms with van der Waals surface area (Å²) in [7, 11) is 0. The van der Waals surface area contributed by atoms with Crippen LogP contribution in [0.3, 0.4) is 0 Å². The largest absolute Gasteiger partial charge is 0.508 e. The lowest BCUT2D eigenvalue weighted by molar-refractivity contribution is -0.350. The summed E-state index contributed by atoms with van der Waals surface area (Å²) in [6.45, 7) is 1.22. The predicted molar refractivity (Wildman–Crippen MR) is 118 cm³/mol. The number of benzene rings is 1. The predicted octanol–water partition coefficient (Wildman–Crippen LogP) is -1.48. The third-order valence-electron chi connectivity index (χ3n) is 7.22. The third-order valence-corrected chi connectivity index (χ3v) is 7.22. The van der Waals surface area contributed by atoms with Gasteiger partial charge < -0.3 is 54.3 Å². The highest BCUT2D eigenvalue weighted by atomic mass is 16.8. The van der Waals surface area contributed by atoms with E-state index in [1.54, 1.807) is 19.1 Å². The number of ether oxygens (including phenoxy) is 5. The number of aliphatic hydroxyl groups is 5. The number of esters is 1. The van der Waals surface area contributed by atoms with E-state index in [0.29, 0.717) is 5.56 Å². The van der Waals surface area contributed by atoms with E-state index in [9.17, 15) is 35.4 Å². The molecule has 6 N–H and O–H groups in total. The van der Waals surface area contributed by atoms with Gasteiger partial charge in [-0.15, -0.1) is 0 Å². The van der Waals surface area contributed by atoms with Gasteiger partial charge in [0.2, 0.25) is 6.29 Å². The maximum atomic E-state index is 12.1. The zero-order valence-corrected chi connectivity index (χ0v) is 19.2. The van der Waals surface area contributed by atoms with Gasteiger partial charge in [-0.05, 0) is 36.8 Å². The van der Waals surface area contributed by atoms with Crippen molar-refractivity contribution in [2.75, 3.05) is 6.61 Å². The molecule has 5 rings (SSSR count). The molecule has 2 saturated heterocycles. The summed E-state index contributed by atoms with van der Waals surface area (Å²) in [6, 6.07) is 6.10. The second-order valence-corrected chi connectivity index (χ2v) is 9.55. The lowest BCUT2D eigenvalue weighted by atomic mass is 9.82. The molecule has 11 atom stereocenters. The number of fused-ring (bicyclic) bond motifs is 3. The van der Waals surface area contributed by atoms with Crippen LogP contribution < -0.4 is 0 Å². The number of carbonyl (C=O) groups is 1. The fourth-order valence-electron chi connectivity index (χ4n) is 5.12. The number of hydrogen-bond donors (Lipinski definition) is 6. The van der Waals surface area contributed by atoms with Crippen LogP contribution in [0.5, 0.6) is 5.75 Å². The van der Waals surface area contributed by atoms with Gasteiger partial charge in [-0.2, -0.15) is 0 Å². The van der Waals surface area contributed by atoms with E-state index >= 15 is 0 Å². The minimum Gasteiger partial charge on any atom is -0.508 e. The van der Waals surface area contributed by atoms with Crippen molar-refractivity contribution in [2.24, 2.45) is 5.92 Å². The average Bonchev–Trinajstić information content (AvgIpc) is 3.49. The van der Waals surface area contributed by atoms with Gasteiger partial charge in [-0.3, -0.25) is 0 Å². The van der Waals surface area contributed by atoms with E-state index in [1.165, 1.54) is 30.5 Å². The number of phenols is 1. The monoisotopic (exact) mass is 508 g/mol. The number of hydrogen-bond acceptors (Lipinski definition) is 12. The molecule has 196 valence electrons. The number of rotatable bonds is 6. The van der Waals surface area contributed by atoms with Crippen molar-refractivity contribution in [3.8, 4) is 5.75 Å². The first-order valence-electron chi connectivity index (χ1n) is 11.4. The average molecular weight is 508 g/mol. The molecule has 3 aliphatic heterocycles. The lowest BCUT2D eigenvalue weighted by Gasteiger charge is -2.45. The Morgan fingerprint density at radius 3 is 2.53 bits per heavy atom. The van der Waals surface area contributed by atoms with Gasteiger partial charge >= 0.3 is 5.97 Å². The molecule has 0 radical (unpaired) electrons. The van der Waals surface area contributed by atoms with Crippen LogP contribution in [0.25, 0.3) is 6.08 Å². The Bertz CT molecular complexity index is 1040. The standard InChI is InChI=1S/C24H28O12/c1-23-18-22(32-9-8-24(18,31)19(30)20(23)36-23)35-21-17(29)16(28)15(27)13(34-21)10-33-14(26)7-4-11-2-5-12(25)6-3-11/h2-9,13,15-22,25,27-31H,10H2,1H3/b7-4-/t13-,15-,16+,17-,18-,19+,20+,21+,22+,23-,24+/m1/s1. The summed E-state index contributed by atoms with van der Waals surface area (Å²) in [4.78, 5) is 12.1. The van der Waals surface area contributed by atoms with Gasteiger partial charge in [-0.25, -0.2) is 4.79 Å². The summed E-state index contributed by atoms with van der Waals surface area (Å²) in [5.41, 5.74) is -2.00. The van der Waals surface area contributed by atoms with Gasteiger partial charge in [0, 0.05) is 6.08 Å². The third kappa shape index (κ3) is 4.19. The molecule has 1 aromatic carbocycles. The highest BCUT2D eigenvalue weighted by molar-refractivity contribution is 5.87. The zero-order chi connectivity index (χ0) is 25.8. The van der Waals surface area contributed by atoms with Gasteiger partial charge in [0.05, 0.1) is 12.2 Å². The Hall–Kier alpha value is -2.55. The van der Waals surface area contributed by atoms with Crippen LogP contribution in [-0.2, 0) is 28.5 Å². The van der Waals surface area contributed by atoms with Crippen LogP contribution in [0.2, 0.25) is 0 Å². The van der Waals surface area contributed by atoms with Crippen molar-refractivity contribution in [1.82, 2.24) is 0 Å². The van der Waals surface area contributed by atoms with E-state index in [1.807, 2.05) is 0 Å². The molecular formula is C24H28O12. The van der Waals surface area contributed by atoms with Gasteiger partial charge in [0.1, 0.15) is 60.2 Å². The molecule has 1 saturated carbocycles. The highest BCUT2D eigenvalue weighted by Gasteiger charge is 2.79. The van der Waals surface area contributed by atoms with Crippen LogP contribution >= 0.6 is 0 Å². The molecule has 0 amide bonds. The fourth-order valence-corrected chi connectivity index (χ4v) is 5.12. The Kier molecular flexibility index (Phi) is 6.34. The first kappa shape index (κ1) is 25.1. The second kappa shape index (κ2) is 9.08. The zero-order valence-electron chi connectivity index (χ0n) is 19.2. The maximum Gasteiger partial charge on any atom is 0.330 e. The van der Waals surface area contributed by atoms with E-state index in [-0.39, 0.29) is 5.75 Å². The Morgan fingerprint density at radius 2 is 1.81 bits per heavy atom. The number of phenolic OH excluding ortho intramolecular Hbond substituents is 1. The molecule has 4 aliphatic rings. The maximum absolute atomic E-state index is 12.1. The molecular weight excluding hydrogens is 480 g/mol. The normalized spacial score (nSPS) is 45.1. The van der Waals surface area contributed by atoms with Gasteiger partial charge in [0.15, 0.2) is 6.29 Å². The molecule has 3 heterocycles. The molecule has 0 unspecified atom stereocenters. The quantitative estimate of drug-likeness (QED) is 0.149. The molecule has 0 aromatic heterocycles. The minimum atomic E-state index is -1.70. The lowest BCUT2D eigenvalue weighted by Crippen LogP contribution is -2.62. The molecule has 12 heteroatoms. The van der Waals surface area contributed by atoms with Crippen molar-refractivity contribution < 1.29 is 59.1 Å². The van der Waals surface area contributed by atoms with Crippen LogP contribution in [0.15, 0.2) is 42.7 Å². The number of aromatic hydroxyl groups is 1. The van der Waals surface area contributed by atoms with Crippen LogP contribution in [-0.4, -0.2) is 104 Å². The summed E-state index contributed by atoms with van der Waals surface area (Å²) in [6.07, 6.45) is -5.78. The van der Waals surface area contributed by atoms with Gasteiger partial charge in [0.25, 0.3) is 0 Å². The smallest absolute Gasteiger partial charge is 0.330 e. The highest BCUT2D eigenvalue weighted by Crippen LogP contribution is 2.61. The van der Waals surface area contributed by atoms with Crippen molar-refractivity contribution in [3.05, 3.63) is 48.2 Å². The Balaban J connectivity index is 1.22. The molecule has 1 aromatic rings. The number of aliphatic hydroxyl groups excluding tert-OH is 4. The molecule has 12 nitrogen and oxygen atoms in total. The van der Waals surface area contributed by atoms with Crippen molar-refractivity contribution in [3.63, 3.8) is 0 Å². The van der Waals surface area contributed by atoms with Crippen LogP contribution in [0.4, 0.5) is 0 Å². The SMILES string of the molecule is C[C@]12O[C@H]1[C@H](O)[C@]1(O)C=CO[C@@H](O[C@@H]3O[C@H](COC(=O)/C=C\c4ccc(O)cc4)[C@@H](O)[C@H](O)[C@H]3O)[C@@H]12. The first-order chi connectivity index (χ1) is 17.0. The van der Waals surface area contributed by atoms with Gasteiger partial charge in [-0.1, -0.05) is 12.1 Å². The second-order valence-electron chi connectivity index (χ2n) is 9.55. The number of carbonyl (C=O) groups excluding carboxylic acids is 1. The summed E-state index contributed by atoms with van der Waals surface area (Å²) < 4.78 is 27.5. The van der Waals surface area contributed by atoms with Crippen molar-refractivity contribution in [2.45, 2.75) is 67.3 Å². The van der Waals surface area contributed by atoms with Crippen molar-refractivity contribution >= 4 is 12.0 Å². The first-order valence-corrected chi connectivity index (χ1v) is 11.4. The fraction of sp³-hybridized carbons (Fsp3) is 0.542. The summed E-state index contributed by atoms with van der Waals surface area (Å²) in [5, 5.41) is 61.9. The topological polar surface area (TPSA) is 188 Å². The van der Waals surface area contributed by atoms with E-state index in [2.05, 4.69) is 0 Å². The van der Waals surface area contributed by atoms with E-state index in [4.69, 9.17) is 23.7 Å². The molecule has 0 spiro atoms. The Morgan fingerprint density at radius 1 is 1.08 bits per heavy atom. The summed E-state index contributed by atoms with van der Waals surface area (Å²) >= 11 is 0. The Labute approximate surface area is 205 Å². The van der Waals surface area contributed by atoms with Crippen LogP contribution in [0.1, 0.15) is 12.5 Å². The summed E-state index contributed by atoms with van der Waals surface area (Å²) in [5.74, 6) is -1.55. The van der Waals surface area contributed by atoms with Crippen molar-refractivity contribution in [1.29, 1.82) is 0 Å². The van der Waals surface area contributed by atoms with Crippen LogP contribution in [0, 0.1) is 5.92 Å². The van der Waals surface area contributed by atoms with E-state index < -0.39 is 78.9 Å². The molecule has 1 aliphatic carbocycles. The van der Waals surface area contributed by atoms with E-state index in [0.717, 1.165) is 6.08 Å².